The van der Waals surface area contributed by atoms with Gasteiger partial charge in [0.2, 0.25) is 5.91 Å². The Morgan fingerprint density at radius 1 is 1.22 bits per heavy atom. The second kappa shape index (κ2) is 9.26. The van der Waals surface area contributed by atoms with Gasteiger partial charge in [0.25, 0.3) is 0 Å². The maximum absolute atomic E-state index is 12.8. The Balaban J connectivity index is 1.20. The molecule has 1 amide bonds. The average molecular weight is 492 g/mol. The van der Waals surface area contributed by atoms with Gasteiger partial charge in [-0.25, -0.2) is 4.79 Å². The summed E-state index contributed by atoms with van der Waals surface area (Å²) in [5.41, 5.74) is 3.06. The lowest BCUT2D eigenvalue weighted by Crippen LogP contribution is -2.46. The van der Waals surface area contributed by atoms with Crippen molar-refractivity contribution in [2.45, 2.75) is 63.0 Å². The number of hydrogen-bond donors (Lipinski definition) is 5. The largest absolute Gasteiger partial charge is 0.490 e. The van der Waals surface area contributed by atoms with Crippen LogP contribution in [0.4, 0.5) is 5.69 Å². The van der Waals surface area contributed by atoms with Crippen LogP contribution >= 0.6 is 0 Å². The molecule has 5 rings (SSSR count). The summed E-state index contributed by atoms with van der Waals surface area (Å²) in [5.74, 6) is -0.218. The maximum Gasteiger partial charge on any atom is 0.335 e. The van der Waals surface area contributed by atoms with Crippen molar-refractivity contribution in [1.29, 1.82) is 0 Å². The summed E-state index contributed by atoms with van der Waals surface area (Å²) in [6.45, 7) is 4.59. The minimum Gasteiger partial charge on any atom is -0.490 e. The SMILES string of the molecule is CC(C)(Cc1c[nH]c2cc(C(=O)O)ccc12)NCC(O)COc1cccc2c1C1(CCCC1)C(=O)N2. The third kappa shape index (κ3) is 4.47. The highest BCUT2D eigenvalue weighted by atomic mass is 16.5. The third-order valence-electron chi connectivity index (χ3n) is 7.54. The Morgan fingerprint density at radius 2 is 2.00 bits per heavy atom. The fourth-order valence-corrected chi connectivity index (χ4v) is 5.70. The van der Waals surface area contributed by atoms with Crippen LogP contribution in [-0.4, -0.2) is 51.9 Å². The number of aliphatic hydroxyl groups is 1. The summed E-state index contributed by atoms with van der Waals surface area (Å²) in [6, 6.07) is 10.8. The van der Waals surface area contributed by atoms with E-state index >= 15 is 0 Å². The van der Waals surface area contributed by atoms with Gasteiger partial charge < -0.3 is 30.6 Å². The molecular formula is C28H33N3O5. The van der Waals surface area contributed by atoms with Crippen LogP contribution in [0.15, 0.2) is 42.6 Å². The number of carbonyl (C=O) groups excluding carboxylic acids is 1. The molecule has 0 saturated heterocycles. The summed E-state index contributed by atoms with van der Waals surface area (Å²) in [4.78, 5) is 27.2. The monoisotopic (exact) mass is 491 g/mol. The Morgan fingerprint density at radius 3 is 2.75 bits per heavy atom. The smallest absolute Gasteiger partial charge is 0.335 e. The number of carboxylic acids is 1. The first-order valence-corrected chi connectivity index (χ1v) is 12.5. The number of carboxylic acid groups (broad SMARTS) is 1. The molecule has 8 heteroatoms. The number of amides is 1. The topological polar surface area (TPSA) is 124 Å². The molecular weight excluding hydrogens is 458 g/mol. The van der Waals surface area contributed by atoms with Gasteiger partial charge in [-0.15, -0.1) is 0 Å². The summed E-state index contributed by atoms with van der Waals surface area (Å²) in [7, 11) is 0. The van der Waals surface area contributed by atoms with Crippen LogP contribution in [0.25, 0.3) is 10.9 Å². The minimum absolute atomic E-state index is 0.0616. The highest BCUT2D eigenvalue weighted by molar-refractivity contribution is 6.07. The molecule has 2 aromatic carbocycles. The predicted molar refractivity (Wildman–Crippen MR) is 138 cm³/mol. The molecule has 1 aliphatic carbocycles. The number of rotatable bonds is 9. The van der Waals surface area contributed by atoms with E-state index in [1.165, 1.54) is 0 Å². The maximum atomic E-state index is 12.8. The number of ether oxygens (including phenoxy) is 1. The summed E-state index contributed by atoms with van der Waals surface area (Å²) >= 11 is 0. The van der Waals surface area contributed by atoms with Crippen LogP contribution in [0.3, 0.4) is 0 Å². The van der Waals surface area contributed by atoms with Crippen molar-refractivity contribution in [2.24, 2.45) is 0 Å². The molecule has 1 saturated carbocycles. The lowest BCUT2D eigenvalue weighted by Gasteiger charge is -2.28. The van der Waals surface area contributed by atoms with Crippen molar-refractivity contribution >= 4 is 28.5 Å². The Labute approximate surface area is 210 Å². The van der Waals surface area contributed by atoms with Crippen molar-refractivity contribution in [1.82, 2.24) is 10.3 Å². The van der Waals surface area contributed by atoms with Crippen LogP contribution < -0.4 is 15.4 Å². The molecule has 2 aliphatic rings. The first-order valence-electron chi connectivity index (χ1n) is 12.5. The number of H-pyrrole nitrogens is 1. The van der Waals surface area contributed by atoms with Crippen molar-refractivity contribution in [3.63, 3.8) is 0 Å². The van der Waals surface area contributed by atoms with Crippen LogP contribution in [0.2, 0.25) is 0 Å². The second-order valence-electron chi connectivity index (χ2n) is 10.7. The molecule has 5 N–H and O–H groups in total. The standard InChI is InChI=1S/C28H33N3O5/c1-27(2,13-18-14-29-22-12-17(25(33)34)8-9-20(18)22)30-15-19(32)16-36-23-7-5-6-21-24(23)28(26(35)31-21)10-3-4-11-28/h5-9,12,14,19,29-30,32H,3-4,10-11,13,15-16H2,1-2H3,(H,31,35)(H,33,34). The molecule has 1 aliphatic heterocycles. The number of β-amino-alcohol motifs (C(OH)–C–C–N with tert-alkyl or cyclic N) is 1. The van der Waals surface area contributed by atoms with Gasteiger partial charge >= 0.3 is 5.97 Å². The second-order valence-corrected chi connectivity index (χ2v) is 10.7. The highest BCUT2D eigenvalue weighted by Crippen LogP contribution is 2.52. The van der Waals surface area contributed by atoms with Crippen LogP contribution in [0.1, 0.15) is 61.0 Å². The molecule has 0 bridgehead atoms. The summed E-state index contributed by atoms with van der Waals surface area (Å²) in [5, 5.41) is 27.3. The molecule has 8 nitrogen and oxygen atoms in total. The van der Waals surface area contributed by atoms with E-state index in [2.05, 4.69) is 29.5 Å². The van der Waals surface area contributed by atoms with Crippen LogP contribution in [0.5, 0.6) is 5.75 Å². The molecule has 1 unspecified atom stereocenters. The van der Waals surface area contributed by atoms with Crippen molar-refractivity contribution in [3.05, 3.63) is 59.3 Å². The number of nitrogens with one attached hydrogen (secondary N) is 3. The highest BCUT2D eigenvalue weighted by Gasteiger charge is 2.50. The zero-order valence-corrected chi connectivity index (χ0v) is 20.7. The fourth-order valence-electron chi connectivity index (χ4n) is 5.70. The zero-order chi connectivity index (χ0) is 25.5. The van der Waals surface area contributed by atoms with E-state index in [4.69, 9.17) is 4.74 Å². The molecule has 2 heterocycles. The molecule has 1 aromatic heterocycles. The number of aliphatic hydroxyl groups excluding tert-OH is 1. The number of aromatic amines is 1. The Hall–Kier alpha value is -3.36. The molecule has 1 atom stereocenters. The number of benzene rings is 2. The minimum atomic E-state index is -0.951. The van der Waals surface area contributed by atoms with Gasteiger partial charge in [-0.2, -0.15) is 0 Å². The van der Waals surface area contributed by atoms with Crippen molar-refractivity contribution in [3.8, 4) is 5.75 Å². The van der Waals surface area contributed by atoms with Crippen molar-refractivity contribution < 1.29 is 24.5 Å². The normalized spacial score (nSPS) is 17.4. The number of carbonyl (C=O) groups is 2. The van der Waals surface area contributed by atoms with E-state index in [1.54, 1.807) is 12.1 Å². The quantitative estimate of drug-likeness (QED) is 0.309. The molecule has 3 aromatic rings. The summed E-state index contributed by atoms with van der Waals surface area (Å²) in [6.07, 6.45) is 5.58. The number of fused-ring (bicyclic) bond motifs is 3. The van der Waals surface area contributed by atoms with E-state index in [-0.39, 0.29) is 23.6 Å². The molecule has 1 fully saturated rings. The van der Waals surface area contributed by atoms with Gasteiger partial charge in [0.05, 0.1) is 11.0 Å². The zero-order valence-electron chi connectivity index (χ0n) is 20.7. The molecule has 190 valence electrons. The van der Waals surface area contributed by atoms with Crippen LogP contribution in [0, 0.1) is 0 Å². The van der Waals surface area contributed by atoms with Crippen LogP contribution in [-0.2, 0) is 16.6 Å². The molecule has 36 heavy (non-hydrogen) atoms. The Kier molecular flexibility index (Phi) is 6.26. The van der Waals surface area contributed by atoms with Gasteiger partial charge in [0.15, 0.2) is 0 Å². The molecule has 1 spiro atoms. The Bertz CT molecular complexity index is 1310. The van der Waals surface area contributed by atoms with Gasteiger partial charge in [-0.05, 0) is 62.9 Å². The number of aromatic nitrogens is 1. The number of anilines is 1. The fraction of sp³-hybridized carbons (Fsp3) is 0.429. The van der Waals surface area contributed by atoms with Gasteiger partial charge in [-0.3, -0.25) is 4.79 Å². The van der Waals surface area contributed by atoms with E-state index in [0.29, 0.717) is 18.7 Å². The van der Waals surface area contributed by atoms with Gasteiger partial charge in [-0.1, -0.05) is 25.0 Å². The van der Waals surface area contributed by atoms with Crippen molar-refractivity contribution in [2.75, 3.05) is 18.5 Å². The van der Waals surface area contributed by atoms with E-state index < -0.39 is 17.5 Å². The van der Waals surface area contributed by atoms with E-state index in [0.717, 1.165) is 53.4 Å². The lowest BCUT2D eigenvalue weighted by atomic mass is 9.79. The number of aromatic carboxylic acids is 1. The lowest BCUT2D eigenvalue weighted by molar-refractivity contribution is -0.120. The van der Waals surface area contributed by atoms with E-state index in [9.17, 15) is 19.8 Å². The van der Waals surface area contributed by atoms with E-state index in [1.807, 2.05) is 30.5 Å². The first-order chi connectivity index (χ1) is 17.2. The predicted octanol–water partition coefficient (Wildman–Crippen LogP) is 3.98. The number of hydrogen-bond acceptors (Lipinski definition) is 5. The first kappa shape index (κ1) is 24.3. The van der Waals surface area contributed by atoms with Gasteiger partial charge in [0, 0.05) is 40.4 Å². The third-order valence-corrected chi connectivity index (χ3v) is 7.54. The van der Waals surface area contributed by atoms with Gasteiger partial charge in [0.1, 0.15) is 18.5 Å². The molecule has 0 radical (unpaired) electrons. The summed E-state index contributed by atoms with van der Waals surface area (Å²) < 4.78 is 6.07. The average Bonchev–Trinajstić information content (AvgIpc) is 3.55.